The molecule has 0 aromatic heterocycles. The van der Waals surface area contributed by atoms with E-state index < -0.39 is 4.92 Å². The second-order valence-corrected chi connectivity index (χ2v) is 5.27. The lowest BCUT2D eigenvalue weighted by molar-refractivity contribution is -0.385. The fraction of sp³-hybridized carbons (Fsp3) is 0.462. The van der Waals surface area contributed by atoms with Crippen LogP contribution in [0.1, 0.15) is 19.4 Å². The number of rotatable bonds is 5. The molecule has 5 nitrogen and oxygen atoms in total. The number of nitro groups is 1. The molecule has 0 aliphatic rings. The predicted molar refractivity (Wildman–Crippen MR) is 78.2 cm³/mol. The molecule has 0 spiro atoms. The number of halogens is 1. The fourth-order valence-electron chi connectivity index (χ4n) is 1.86. The lowest BCUT2D eigenvalue weighted by Crippen LogP contribution is -2.28. The molecule has 0 N–H and O–H groups in total. The van der Waals surface area contributed by atoms with Crippen LogP contribution in [0.25, 0.3) is 0 Å². The van der Waals surface area contributed by atoms with E-state index in [1.807, 2.05) is 18.7 Å². The van der Waals surface area contributed by atoms with Gasteiger partial charge in [-0.05, 0) is 42.8 Å². The van der Waals surface area contributed by atoms with Crippen LogP contribution < -0.4 is 4.90 Å². The van der Waals surface area contributed by atoms with E-state index >= 15 is 0 Å². The van der Waals surface area contributed by atoms with E-state index in [0.717, 1.165) is 12.2 Å². The number of hydrogen-bond acceptors (Lipinski definition) is 4. The summed E-state index contributed by atoms with van der Waals surface area (Å²) in [7, 11) is 0. The Morgan fingerprint density at radius 3 is 2.68 bits per heavy atom. The molecular weight excluding hydrogens is 310 g/mol. The van der Waals surface area contributed by atoms with E-state index in [2.05, 4.69) is 22.0 Å². The third kappa shape index (κ3) is 3.67. The highest BCUT2D eigenvalue weighted by atomic mass is 79.9. The SMILES string of the molecule is CCN(CC(C)C#N)c1cc(C)c([N+](=O)[O-])cc1Br. The molecule has 6 heteroatoms. The van der Waals surface area contributed by atoms with Crippen LogP contribution in [0.4, 0.5) is 11.4 Å². The van der Waals surface area contributed by atoms with Crippen LogP contribution in [-0.4, -0.2) is 18.0 Å². The van der Waals surface area contributed by atoms with Gasteiger partial charge >= 0.3 is 0 Å². The first-order valence-electron chi connectivity index (χ1n) is 5.99. The Morgan fingerprint density at radius 2 is 2.21 bits per heavy atom. The standard InChI is InChI=1S/C13H16BrN3O2/c1-4-16(8-9(2)7-15)13-5-10(3)12(17(18)19)6-11(13)14/h5-6,9H,4,8H2,1-3H3. The van der Waals surface area contributed by atoms with Crippen molar-refractivity contribution in [3.63, 3.8) is 0 Å². The number of nitriles is 1. The minimum absolute atomic E-state index is 0.0950. The van der Waals surface area contributed by atoms with E-state index in [0.29, 0.717) is 16.6 Å². The number of hydrogen-bond donors (Lipinski definition) is 0. The van der Waals surface area contributed by atoms with Gasteiger partial charge in [0.1, 0.15) is 0 Å². The van der Waals surface area contributed by atoms with E-state index in [1.165, 1.54) is 6.07 Å². The smallest absolute Gasteiger partial charge is 0.273 e. The van der Waals surface area contributed by atoms with Gasteiger partial charge in [-0.2, -0.15) is 5.26 Å². The van der Waals surface area contributed by atoms with Crippen molar-refractivity contribution in [2.24, 2.45) is 5.92 Å². The van der Waals surface area contributed by atoms with Crippen molar-refractivity contribution in [1.29, 1.82) is 5.26 Å². The van der Waals surface area contributed by atoms with E-state index in [1.54, 1.807) is 13.0 Å². The number of anilines is 1. The predicted octanol–water partition coefficient (Wildman–Crippen LogP) is 3.65. The van der Waals surface area contributed by atoms with Crippen LogP contribution in [0.15, 0.2) is 16.6 Å². The van der Waals surface area contributed by atoms with Crippen LogP contribution in [0.3, 0.4) is 0 Å². The Balaban J connectivity index is 3.16. The highest BCUT2D eigenvalue weighted by Gasteiger charge is 2.18. The molecule has 0 aliphatic carbocycles. The summed E-state index contributed by atoms with van der Waals surface area (Å²) in [6.45, 7) is 6.91. The molecule has 0 bridgehead atoms. The third-order valence-corrected chi connectivity index (χ3v) is 3.53. The van der Waals surface area contributed by atoms with Crippen molar-refractivity contribution in [3.05, 3.63) is 32.3 Å². The lowest BCUT2D eigenvalue weighted by atomic mass is 10.1. The molecular formula is C13H16BrN3O2. The molecule has 0 aliphatic heterocycles. The normalized spacial score (nSPS) is 11.7. The van der Waals surface area contributed by atoms with E-state index in [9.17, 15) is 10.1 Å². The summed E-state index contributed by atoms with van der Waals surface area (Å²) < 4.78 is 0.678. The Bertz CT molecular complexity index is 525. The van der Waals surface area contributed by atoms with Gasteiger partial charge in [-0.15, -0.1) is 0 Å². The first kappa shape index (κ1) is 15.4. The average molecular weight is 326 g/mol. The molecule has 1 unspecified atom stereocenters. The monoisotopic (exact) mass is 325 g/mol. The topological polar surface area (TPSA) is 70.2 Å². The number of benzene rings is 1. The second kappa shape index (κ2) is 6.53. The van der Waals surface area contributed by atoms with Gasteiger partial charge in [0.2, 0.25) is 0 Å². The summed E-state index contributed by atoms with van der Waals surface area (Å²) in [5, 5.41) is 19.8. The van der Waals surface area contributed by atoms with Gasteiger partial charge < -0.3 is 4.90 Å². The molecule has 1 aromatic rings. The summed E-state index contributed by atoms with van der Waals surface area (Å²) in [6, 6.07) is 5.50. The number of aryl methyl sites for hydroxylation is 1. The molecule has 19 heavy (non-hydrogen) atoms. The quantitative estimate of drug-likeness (QED) is 0.612. The second-order valence-electron chi connectivity index (χ2n) is 4.42. The van der Waals surface area contributed by atoms with Crippen molar-refractivity contribution in [1.82, 2.24) is 0 Å². The third-order valence-electron chi connectivity index (χ3n) is 2.90. The molecule has 0 saturated heterocycles. The molecule has 0 radical (unpaired) electrons. The van der Waals surface area contributed by atoms with Crippen molar-refractivity contribution in [2.75, 3.05) is 18.0 Å². The zero-order valence-corrected chi connectivity index (χ0v) is 12.8. The van der Waals surface area contributed by atoms with Crippen LogP contribution in [-0.2, 0) is 0 Å². The first-order chi connectivity index (χ1) is 8.90. The van der Waals surface area contributed by atoms with E-state index in [-0.39, 0.29) is 11.6 Å². The van der Waals surface area contributed by atoms with Crippen LogP contribution in [0.5, 0.6) is 0 Å². The summed E-state index contributed by atoms with van der Waals surface area (Å²) >= 11 is 3.37. The largest absolute Gasteiger partial charge is 0.370 e. The summed E-state index contributed by atoms with van der Waals surface area (Å²) in [6.07, 6.45) is 0. The molecule has 0 fully saturated rings. The molecule has 102 valence electrons. The fourth-order valence-corrected chi connectivity index (χ4v) is 2.45. The maximum atomic E-state index is 10.9. The van der Waals surface area contributed by atoms with E-state index in [4.69, 9.17) is 5.26 Å². The number of nitro benzene ring substituents is 1. The van der Waals surface area contributed by atoms with Crippen LogP contribution in [0, 0.1) is 34.3 Å². The zero-order chi connectivity index (χ0) is 14.6. The molecule has 0 amide bonds. The Hall–Kier alpha value is -1.61. The van der Waals surface area contributed by atoms with Gasteiger partial charge in [-0.3, -0.25) is 10.1 Å². The molecule has 0 heterocycles. The van der Waals surface area contributed by atoms with Crippen LogP contribution in [0.2, 0.25) is 0 Å². The van der Waals surface area contributed by atoms with Crippen molar-refractivity contribution in [3.8, 4) is 6.07 Å². The summed E-state index contributed by atoms with van der Waals surface area (Å²) in [5.41, 5.74) is 1.60. The average Bonchev–Trinajstić information content (AvgIpc) is 2.37. The first-order valence-corrected chi connectivity index (χ1v) is 6.79. The van der Waals surface area contributed by atoms with Gasteiger partial charge in [-0.25, -0.2) is 0 Å². The zero-order valence-electron chi connectivity index (χ0n) is 11.2. The highest BCUT2D eigenvalue weighted by Crippen LogP contribution is 2.33. The Morgan fingerprint density at radius 1 is 1.58 bits per heavy atom. The highest BCUT2D eigenvalue weighted by molar-refractivity contribution is 9.10. The Labute approximate surface area is 121 Å². The van der Waals surface area contributed by atoms with Gasteiger partial charge in [0.05, 0.1) is 22.6 Å². The molecule has 0 saturated carbocycles. The maximum absolute atomic E-state index is 10.9. The number of nitrogens with zero attached hydrogens (tertiary/aromatic N) is 3. The molecule has 1 atom stereocenters. The summed E-state index contributed by atoms with van der Waals surface area (Å²) in [4.78, 5) is 12.5. The van der Waals surface area contributed by atoms with Crippen LogP contribution >= 0.6 is 15.9 Å². The molecule has 1 rings (SSSR count). The van der Waals surface area contributed by atoms with Crippen molar-refractivity contribution < 1.29 is 4.92 Å². The van der Waals surface area contributed by atoms with Crippen molar-refractivity contribution in [2.45, 2.75) is 20.8 Å². The Kier molecular flexibility index (Phi) is 5.31. The van der Waals surface area contributed by atoms with Gasteiger partial charge in [0.15, 0.2) is 0 Å². The van der Waals surface area contributed by atoms with Crippen molar-refractivity contribution >= 4 is 27.3 Å². The minimum atomic E-state index is -0.391. The summed E-state index contributed by atoms with van der Waals surface area (Å²) in [5.74, 6) is -0.0950. The van der Waals surface area contributed by atoms with Gasteiger partial charge in [0.25, 0.3) is 5.69 Å². The van der Waals surface area contributed by atoms with Gasteiger partial charge in [0, 0.05) is 29.2 Å². The minimum Gasteiger partial charge on any atom is -0.370 e. The maximum Gasteiger partial charge on any atom is 0.273 e. The lowest BCUT2D eigenvalue weighted by Gasteiger charge is -2.25. The molecule has 1 aromatic carbocycles. The van der Waals surface area contributed by atoms with Gasteiger partial charge in [-0.1, -0.05) is 0 Å².